The van der Waals surface area contributed by atoms with Crippen molar-refractivity contribution in [3.8, 4) is 0 Å². The van der Waals surface area contributed by atoms with Gasteiger partial charge in [-0.3, -0.25) is 0 Å². The number of nitrogens with zero attached hydrogens (tertiary/aromatic N) is 1. The van der Waals surface area contributed by atoms with E-state index in [9.17, 15) is 4.79 Å². The van der Waals surface area contributed by atoms with Crippen LogP contribution in [0.2, 0.25) is 0 Å². The molecule has 106 valence electrons. The van der Waals surface area contributed by atoms with E-state index in [1.165, 1.54) is 0 Å². The zero-order valence-electron chi connectivity index (χ0n) is 12.3. The normalized spacial score (nSPS) is 10.6. The first-order valence-electron chi connectivity index (χ1n) is 6.65. The van der Waals surface area contributed by atoms with Gasteiger partial charge in [0.1, 0.15) is 0 Å². The average molecular weight is 264 g/mol. The van der Waals surface area contributed by atoms with Crippen LogP contribution < -0.4 is 10.6 Å². The molecular formula is C15H24N2O2. The second-order valence-electron chi connectivity index (χ2n) is 5.34. The van der Waals surface area contributed by atoms with E-state index in [0.717, 1.165) is 18.5 Å². The van der Waals surface area contributed by atoms with Crippen molar-refractivity contribution in [1.82, 2.24) is 0 Å². The molecule has 0 bridgehead atoms. The zero-order chi connectivity index (χ0) is 14.4. The van der Waals surface area contributed by atoms with Crippen LogP contribution >= 0.6 is 0 Å². The molecule has 0 amide bonds. The lowest BCUT2D eigenvalue weighted by Gasteiger charge is -2.15. The van der Waals surface area contributed by atoms with E-state index in [-0.39, 0.29) is 5.97 Å². The number of hydrogen-bond acceptors (Lipinski definition) is 4. The Morgan fingerprint density at radius 3 is 2.58 bits per heavy atom. The van der Waals surface area contributed by atoms with E-state index in [1.807, 2.05) is 25.1 Å². The summed E-state index contributed by atoms with van der Waals surface area (Å²) in [6.07, 6.45) is 1.96. The van der Waals surface area contributed by atoms with Gasteiger partial charge in [-0.05, 0) is 37.0 Å². The number of carbonyl (C=O) groups excluding carboxylic acids is 1. The molecular weight excluding hydrogens is 240 g/mol. The Kier molecular flexibility index (Phi) is 5.67. The first-order chi connectivity index (χ1) is 8.91. The van der Waals surface area contributed by atoms with E-state index in [4.69, 9.17) is 10.5 Å². The molecule has 0 atom stereocenters. The molecule has 19 heavy (non-hydrogen) atoms. The predicted octanol–water partition coefficient (Wildman–Crippen LogP) is 2.93. The van der Waals surface area contributed by atoms with Gasteiger partial charge in [0.25, 0.3) is 0 Å². The van der Waals surface area contributed by atoms with Crippen molar-refractivity contribution in [2.45, 2.75) is 26.7 Å². The van der Waals surface area contributed by atoms with Gasteiger partial charge in [-0.15, -0.1) is 0 Å². The molecule has 4 heteroatoms. The molecule has 0 saturated carbocycles. The SMILES string of the molecule is CC(C)CCCOC(=O)c1ccc(N(C)C)c(N)c1. The molecule has 0 aliphatic rings. The minimum Gasteiger partial charge on any atom is -0.462 e. The molecule has 0 saturated heterocycles. The summed E-state index contributed by atoms with van der Waals surface area (Å²) in [7, 11) is 3.82. The van der Waals surface area contributed by atoms with Crippen molar-refractivity contribution in [2.24, 2.45) is 5.92 Å². The fourth-order valence-corrected chi connectivity index (χ4v) is 1.83. The monoisotopic (exact) mass is 264 g/mol. The van der Waals surface area contributed by atoms with Gasteiger partial charge in [0.15, 0.2) is 0 Å². The lowest BCUT2D eigenvalue weighted by atomic mass is 10.1. The number of nitrogens with two attached hydrogens (primary N) is 1. The van der Waals surface area contributed by atoms with Crippen molar-refractivity contribution in [2.75, 3.05) is 31.3 Å². The molecule has 0 spiro atoms. The van der Waals surface area contributed by atoms with E-state index < -0.39 is 0 Å². The van der Waals surface area contributed by atoms with E-state index in [1.54, 1.807) is 12.1 Å². The maximum atomic E-state index is 11.8. The maximum Gasteiger partial charge on any atom is 0.338 e. The number of benzene rings is 1. The summed E-state index contributed by atoms with van der Waals surface area (Å²) in [4.78, 5) is 13.7. The number of rotatable bonds is 6. The Bertz CT molecular complexity index is 428. The third-order valence-corrected chi connectivity index (χ3v) is 2.90. The number of nitrogen functional groups attached to an aromatic ring is 1. The second-order valence-corrected chi connectivity index (χ2v) is 5.34. The molecule has 0 aliphatic carbocycles. The van der Waals surface area contributed by atoms with Gasteiger partial charge >= 0.3 is 5.97 Å². The van der Waals surface area contributed by atoms with Gasteiger partial charge in [0.2, 0.25) is 0 Å². The van der Waals surface area contributed by atoms with Crippen molar-refractivity contribution < 1.29 is 9.53 Å². The molecule has 0 aromatic heterocycles. The quantitative estimate of drug-likeness (QED) is 0.487. The topological polar surface area (TPSA) is 55.6 Å². The highest BCUT2D eigenvalue weighted by atomic mass is 16.5. The van der Waals surface area contributed by atoms with E-state index in [2.05, 4.69) is 13.8 Å². The number of ether oxygens (including phenoxy) is 1. The smallest absolute Gasteiger partial charge is 0.338 e. The van der Waals surface area contributed by atoms with Crippen LogP contribution in [0.5, 0.6) is 0 Å². The van der Waals surface area contributed by atoms with Gasteiger partial charge in [0.05, 0.1) is 23.5 Å². The minimum atomic E-state index is -0.305. The summed E-state index contributed by atoms with van der Waals surface area (Å²) in [6, 6.07) is 5.25. The molecule has 0 heterocycles. The van der Waals surface area contributed by atoms with Crippen LogP contribution in [0.15, 0.2) is 18.2 Å². The molecule has 1 aromatic carbocycles. The zero-order valence-corrected chi connectivity index (χ0v) is 12.3. The predicted molar refractivity (Wildman–Crippen MR) is 79.5 cm³/mol. The number of anilines is 2. The molecule has 0 aliphatic heterocycles. The third-order valence-electron chi connectivity index (χ3n) is 2.90. The average Bonchev–Trinajstić information content (AvgIpc) is 2.33. The summed E-state index contributed by atoms with van der Waals surface area (Å²) in [5, 5.41) is 0. The fraction of sp³-hybridized carbons (Fsp3) is 0.533. The largest absolute Gasteiger partial charge is 0.462 e. The lowest BCUT2D eigenvalue weighted by molar-refractivity contribution is 0.0495. The summed E-state index contributed by atoms with van der Waals surface area (Å²) in [6.45, 7) is 4.78. The van der Waals surface area contributed by atoms with Gasteiger partial charge in [-0.2, -0.15) is 0 Å². The summed E-state index contributed by atoms with van der Waals surface area (Å²) < 4.78 is 5.23. The highest BCUT2D eigenvalue weighted by molar-refractivity contribution is 5.92. The fourth-order valence-electron chi connectivity index (χ4n) is 1.83. The van der Waals surface area contributed by atoms with Gasteiger partial charge in [-0.1, -0.05) is 13.8 Å². The molecule has 2 N–H and O–H groups in total. The van der Waals surface area contributed by atoms with Crippen LogP contribution in [0, 0.1) is 5.92 Å². The standard InChI is InChI=1S/C15H24N2O2/c1-11(2)6-5-9-19-15(18)12-7-8-14(17(3)4)13(16)10-12/h7-8,10-11H,5-6,9,16H2,1-4H3. The molecule has 1 rings (SSSR count). The highest BCUT2D eigenvalue weighted by Crippen LogP contribution is 2.22. The van der Waals surface area contributed by atoms with Crippen LogP contribution in [-0.2, 0) is 4.74 Å². The van der Waals surface area contributed by atoms with Crippen molar-refractivity contribution in [3.05, 3.63) is 23.8 Å². The second kappa shape index (κ2) is 7.02. The van der Waals surface area contributed by atoms with Crippen LogP contribution in [0.25, 0.3) is 0 Å². The summed E-state index contributed by atoms with van der Waals surface area (Å²) in [5.74, 6) is 0.328. The van der Waals surface area contributed by atoms with Crippen LogP contribution in [0.4, 0.5) is 11.4 Å². The molecule has 0 unspecified atom stereocenters. The Hall–Kier alpha value is -1.71. The molecule has 0 radical (unpaired) electrons. The van der Waals surface area contributed by atoms with Gasteiger partial charge < -0.3 is 15.4 Å². The van der Waals surface area contributed by atoms with Gasteiger partial charge in [-0.25, -0.2) is 4.79 Å². The summed E-state index contributed by atoms with van der Waals surface area (Å²) >= 11 is 0. The Labute approximate surface area is 115 Å². The van der Waals surface area contributed by atoms with E-state index >= 15 is 0 Å². The van der Waals surface area contributed by atoms with E-state index in [0.29, 0.717) is 23.8 Å². The Balaban J connectivity index is 2.56. The van der Waals surface area contributed by atoms with Crippen LogP contribution in [-0.4, -0.2) is 26.7 Å². The Morgan fingerprint density at radius 2 is 2.05 bits per heavy atom. The third kappa shape index (κ3) is 4.81. The first-order valence-corrected chi connectivity index (χ1v) is 6.65. The van der Waals surface area contributed by atoms with Crippen LogP contribution in [0.3, 0.4) is 0 Å². The summed E-state index contributed by atoms with van der Waals surface area (Å²) in [5.41, 5.74) is 7.90. The van der Waals surface area contributed by atoms with Crippen LogP contribution in [0.1, 0.15) is 37.0 Å². The number of hydrogen-bond donors (Lipinski definition) is 1. The molecule has 1 aromatic rings. The number of esters is 1. The maximum absolute atomic E-state index is 11.8. The molecule has 4 nitrogen and oxygen atoms in total. The van der Waals surface area contributed by atoms with Crippen molar-refractivity contribution >= 4 is 17.3 Å². The number of carbonyl (C=O) groups is 1. The minimum absolute atomic E-state index is 0.305. The van der Waals surface area contributed by atoms with Gasteiger partial charge in [0, 0.05) is 14.1 Å². The molecule has 0 fully saturated rings. The van der Waals surface area contributed by atoms with Crippen molar-refractivity contribution in [1.29, 1.82) is 0 Å². The highest BCUT2D eigenvalue weighted by Gasteiger charge is 2.10. The Morgan fingerprint density at radius 1 is 1.37 bits per heavy atom. The lowest BCUT2D eigenvalue weighted by Crippen LogP contribution is -2.13. The van der Waals surface area contributed by atoms with Crippen molar-refractivity contribution in [3.63, 3.8) is 0 Å². The first kappa shape index (κ1) is 15.3.